The zero-order chi connectivity index (χ0) is 19.6. The van der Waals surface area contributed by atoms with Crippen LogP contribution in [0.25, 0.3) is 12.2 Å². The number of guanidine groups is 1. The van der Waals surface area contributed by atoms with Gasteiger partial charge in [0.05, 0.1) is 12.3 Å². The number of nitrogens with one attached hydrogen (secondary N) is 2. The van der Waals surface area contributed by atoms with E-state index < -0.39 is 0 Å². The molecule has 2 aromatic rings. The zero-order valence-corrected chi connectivity index (χ0v) is 17.7. The molecule has 6 heteroatoms. The fourth-order valence-electron chi connectivity index (χ4n) is 2.51. The summed E-state index contributed by atoms with van der Waals surface area (Å²) in [5, 5.41) is 7.66. The number of thioether (sulfide) groups is 2. The summed E-state index contributed by atoms with van der Waals surface area (Å²) in [6.07, 6.45) is 12.3. The highest BCUT2D eigenvalue weighted by Gasteiger charge is 2.02. The molecule has 0 atom stereocenters. The molecule has 3 rings (SSSR count). The van der Waals surface area contributed by atoms with Gasteiger partial charge in [-0.1, -0.05) is 36.4 Å². The third-order valence-electron chi connectivity index (χ3n) is 4.09. The molecule has 2 N–H and O–H groups in total. The minimum absolute atomic E-state index is 0.716. The van der Waals surface area contributed by atoms with Gasteiger partial charge in [-0.05, 0) is 60.1 Å². The van der Waals surface area contributed by atoms with Crippen LogP contribution >= 0.6 is 23.5 Å². The topological polar surface area (TPSA) is 48.8 Å². The predicted molar refractivity (Wildman–Crippen MR) is 125 cm³/mol. The Hall–Kier alpha value is -2.44. The molecule has 0 aliphatic carbocycles. The second-order valence-electron chi connectivity index (χ2n) is 6.02. The lowest BCUT2D eigenvalue weighted by atomic mass is 10.1. The Morgan fingerprint density at radius 2 is 1.46 bits per heavy atom. The summed E-state index contributed by atoms with van der Waals surface area (Å²) in [4.78, 5) is 6.83. The van der Waals surface area contributed by atoms with Crippen molar-refractivity contribution >= 4 is 47.3 Å². The standard InChI is InChI=1S/C22H24N4S2/c1-27-20-11-5-17(6-12-20)3-9-19(25-26-22-23-15-16-24-22)10-4-18-7-13-21(28-2)14-8-18/h3-14H,15-16H2,1-2H3,(H2,23,24,26)/b9-3+,10-4+. The molecule has 144 valence electrons. The average molecular weight is 409 g/mol. The molecule has 4 nitrogen and oxygen atoms in total. The van der Waals surface area contributed by atoms with E-state index in [1.54, 1.807) is 23.5 Å². The van der Waals surface area contributed by atoms with Gasteiger partial charge in [0.1, 0.15) is 0 Å². The van der Waals surface area contributed by atoms with Crippen molar-refractivity contribution in [3.8, 4) is 0 Å². The molecule has 0 bridgehead atoms. The Labute approximate surface area is 175 Å². The van der Waals surface area contributed by atoms with Crippen LogP contribution < -0.4 is 10.7 Å². The fraction of sp³-hybridized carbons (Fsp3) is 0.182. The van der Waals surface area contributed by atoms with Gasteiger partial charge >= 0.3 is 0 Å². The lowest BCUT2D eigenvalue weighted by molar-refractivity contribution is 0.918. The van der Waals surface area contributed by atoms with Gasteiger partial charge in [-0.25, -0.2) is 10.4 Å². The number of nitrogens with zero attached hydrogens (tertiary/aromatic N) is 2. The maximum Gasteiger partial charge on any atom is 0.212 e. The molecule has 1 aliphatic heterocycles. The molecule has 0 unspecified atom stereocenters. The van der Waals surface area contributed by atoms with E-state index in [0.29, 0.717) is 5.96 Å². The van der Waals surface area contributed by atoms with E-state index in [1.807, 2.05) is 12.2 Å². The minimum atomic E-state index is 0.716. The summed E-state index contributed by atoms with van der Waals surface area (Å²) in [5.41, 5.74) is 6.10. The third-order valence-corrected chi connectivity index (χ3v) is 5.58. The number of rotatable bonds is 7. The Balaban J connectivity index is 1.75. The number of aliphatic imine (C=N–C) groups is 1. The third kappa shape index (κ3) is 6.32. The second-order valence-corrected chi connectivity index (χ2v) is 7.78. The molecule has 2 aromatic carbocycles. The predicted octanol–water partition coefficient (Wildman–Crippen LogP) is 4.76. The molecule has 0 spiro atoms. The van der Waals surface area contributed by atoms with Crippen molar-refractivity contribution < 1.29 is 0 Å². The normalized spacial score (nSPS) is 13.6. The van der Waals surface area contributed by atoms with Crippen LogP contribution in [-0.4, -0.2) is 37.3 Å². The molecule has 28 heavy (non-hydrogen) atoms. The van der Waals surface area contributed by atoms with Crippen LogP contribution in [0, 0.1) is 0 Å². The van der Waals surface area contributed by atoms with Crippen LogP contribution in [-0.2, 0) is 0 Å². The van der Waals surface area contributed by atoms with Gasteiger partial charge in [0.25, 0.3) is 0 Å². The van der Waals surface area contributed by atoms with Crippen molar-refractivity contribution in [3.05, 3.63) is 71.8 Å². The summed E-state index contributed by atoms with van der Waals surface area (Å²) in [5.74, 6) is 0.716. The molecule has 0 saturated heterocycles. The van der Waals surface area contributed by atoms with Crippen LogP contribution in [0.4, 0.5) is 0 Å². The van der Waals surface area contributed by atoms with Gasteiger partial charge < -0.3 is 5.32 Å². The Morgan fingerprint density at radius 3 is 1.89 bits per heavy atom. The minimum Gasteiger partial charge on any atom is -0.353 e. The van der Waals surface area contributed by atoms with E-state index in [2.05, 4.69) is 94.0 Å². The molecule has 0 radical (unpaired) electrons. The number of benzene rings is 2. The average Bonchev–Trinajstić information content (AvgIpc) is 3.27. The Bertz CT molecular complexity index is 822. The monoisotopic (exact) mass is 408 g/mol. The van der Waals surface area contributed by atoms with Gasteiger partial charge in [-0.2, -0.15) is 5.10 Å². The smallest absolute Gasteiger partial charge is 0.212 e. The van der Waals surface area contributed by atoms with Crippen LogP contribution in [0.2, 0.25) is 0 Å². The van der Waals surface area contributed by atoms with Crippen molar-refractivity contribution in [1.82, 2.24) is 10.7 Å². The summed E-state index contributed by atoms with van der Waals surface area (Å²) >= 11 is 3.48. The molecular formula is C22H24N4S2. The number of hydrogen-bond acceptors (Lipinski definition) is 6. The fourth-order valence-corrected chi connectivity index (χ4v) is 3.33. The van der Waals surface area contributed by atoms with Crippen LogP contribution in [0.3, 0.4) is 0 Å². The van der Waals surface area contributed by atoms with E-state index in [4.69, 9.17) is 0 Å². The first-order valence-corrected chi connectivity index (χ1v) is 11.5. The maximum atomic E-state index is 4.49. The van der Waals surface area contributed by atoms with Crippen molar-refractivity contribution in [2.24, 2.45) is 10.1 Å². The highest BCUT2D eigenvalue weighted by Crippen LogP contribution is 2.16. The van der Waals surface area contributed by atoms with E-state index in [9.17, 15) is 0 Å². The molecular weight excluding hydrogens is 384 g/mol. The lowest BCUT2D eigenvalue weighted by Gasteiger charge is -2.02. The first-order chi connectivity index (χ1) is 13.8. The summed E-state index contributed by atoms with van der Waals surface area (Å²) < 4.78 is 0. The molecule has 0 fully saturated rings. The van der Waals surface area contributed by atoms with Crippen LogP contribution in [0.1, 0.15) is 11.1 Å². The first kappa shape index (κ1) is 20.3. The SMILES string of the molecule is CSc1ccc(/C=C/C(/C=C/c2ccc(SC)cc2)=NNC2=NCCN2)cc1. The molecule has 1 heterocycles. The molecule has 0 aromatic heterocycles. The van der Waals surface area contributed by atoms with Crippen molar-refractivity contribution in [3.63, 3.8) is 0 Å². The summed E-state index contributed by atoms with van der Waals surface area (Å²) in [6.45, 7) is 1.63. The summed E-state index contributed by atoms with van der Waals surface area (Å²) in [7, 11) is 0. The van der Waals surface area contributed by atoms with Crippen molar-refractivity contribution in [1.29, 1.82) is 0 Å². The van der Waals surface area contributed by atoms with Crippen LogP contribution in [0.15, 0.2) is 80.6 Å². The van der Waals surface area contributed by atoms with E-state index >= 15 is 0 Å². The van der Waals surface area contributed by atoms with Gasteiger partial charge in [-0.15, -0.1) is 23.5 Å². The number of allylic oxidation sites excluding steroid dienone is 2. The first-order valence-electron chi connectivity index (χ1n) is 9.03. The van der Waals surface area contributed by atoms with E-state index in [1.165, 1.54) is 9.79 Å². The highest BCUT2D eigenvalue weighted by atomic mass is 32.2. The van der Waals surface area contributed by atoms with Crippen molar-refractivity contribution in [2.75, 3.05) is 25.6 Å². The van der Waals surface area contributed by atoms with Gasteiger partial charge in [0.2, 0.25) is 5.96 Å². The molecule has 0 amide bonds. The van der Waals surface area contributed by atoms with Gasteiger partial charge in [0.15, 0.2) is 0 Å². The van der Waals surface area contributed by atoms with E-state index in [-0.39, 0.29) is 0 Å². The maximum absolute atomic E-state index is 4.49. The molecule has 0 saturated carbocycles. The highest BCUT2D eigenvalue weighted by molar-refractivity contribution is 7.98. The molecule has 1 aliphatic rings. The number of hydrazone groups is 1. The van der Waals surface area contributed by atoms with E-state index in [0.717, 1.165) is 29.9 Å². The largest absolute Gasteiger partial charge is 0.353 e. The summed E-state index contributed by atoms with van der Waals surface area (Å²) in [6, 6.07) is 16.9. The number of hydrogen-bond donors (Lipinski definition) is 2. The quantitative estimate of drug-likeness (QED) is 0.394. The Kier molecular flexibility index (Phi) is 7.82. The van der Waals surface area contributed by atoms with Gasteiger partial charge in [0, 0.05) is 16.3 Å². The second kappa shape index (κ2) is 10.8. The zero-order valence-electron chi connectivity index (χ0n) is 16.1. The van der Waals surface area contributed by atoms with Crippen LogP contribution in [0.5, 0.6) is 0 Å². The lowest BCUT2D eigenvalue weighted by Crippen LogP contribution is -2.30. The van der Waals surface area contributed by atoms with Crippen molar-refractivity contribution in [2.45, 2.75) is 9.79 Å². The van der Waals surface area contributed by atoms with Gasteiger partial charge in [-0.3, -0.25) is 0 Å². The Morgan fingerprint density at radius 1 is 0.929 bits per heavy atom.